The number of esters is 1. The first-order valence-corrected chi connectivity index (χ1v) is 9.67. The molecule has 0 unspecified atom stereocenters. The Bertz CT molecular complexity index is 1020. The second-order valence-corrected chi connectivity index (χ2v) is 8.55. The highest BCUT2D eigenvalue weighted by molar-refractivity contribution is 8.01. The van der Waals surface area contributed by atoms with Gasteiger partial charge in [-0.15, -0.1) is 11.8 Å². The highest BCUT2D eigenvalue weighted by atomic mass is 32.2. The average molecular weight is 389 g/mol. The third-order valence-corrected chi connectivity index (χ3v) is 6.81. The van der Waals surface area contributed by atoms with E-state index in [2.05, 4.69) is 0 Å². The highest BCUT2D eigenvalue weighted by Crippen LogP contribution is 2.47. The van der Waals surface area contributed by atoms with Crippen LogP contribution in [0.3, 0.4) is 0 Å². The number of fused-ring (bicyclic) bond motifs is 2. The smallest absolute Gasteiger partial charge is 0.336 e. The molecule has 0 spiro atoms. The monoisotopic (exact) mass is 389 g/mol. The van der Waals surface area contributed by atoms with Crippen molar-refractivity contribution in [1.82, 2.24) is 4.90 Å². The van der Waals surface area contributed by atoms with E-state index in [1.807, 2.05) is 6.92 Å². The molecule has 27 heavy (non-hydrogen) atoms. The van der Waals surface area contributed by atoms with Gasteiger partial charge in [0.1, 0.15) is 24.0 Å². The van der Waals surface area contributed by atoms with Crippen molar-refractivity contribution < 1.29 is 23.8 Å². The zero-order valence-corrected chi connectivity index (χ0v) is 15.8. The molecule has 2 atom stereocenters. The first kappa shape index (κ1) is 17.9. The van der Waals surface area contributed by atoms with Crippen LogP contribution in [0.25, 0.3) is 11.0 Å². The lowest BCUT2D eigenvalue weighted by Gasteiger charge is -2.29. The molecule has 2 aromatic rings. The van der Waals surface area contributed by atoms with Gasteiger partial charge in [0.15, 0.2) is 0 Å². The van der Waals surface area contributed by atoms with E-state index in [4.69, 9.17) is 9.15 Å². The Kier molecular flexibility index (Phi) is 4.18. The quantitative estimate of drug-likeness (QED) is 0.635. The number of hydrogen-bond acceptors (Lipinski definition) is 7. The fourth-order valence-corrected chi connectivity index (χ4v) is 5.19. The molecule has 0 saturated carbocycles. The van der Waals surface area contributed by atoms with Gasteiger partial charge in [0, 0.05) is 34.8 Å². The largest absolute Gasteiger partial charge is 0.508 e. The normalized spacial score (nSPS) is 24.4. The summed E-state index contributed by atoms with van der Waals surface area (Å²) in [6, 6.07) is 3.80. The van der Waals surface area contributed by atoms with E-state index in [1.165, 1.54) is 12.1 Å². The van der Waals surface area contributed by atoms with Crippen molar-refractivity contribution >= 4 is 34.6 Å². The summed E-state index contributed by atoms with van der Waals surface area (Å²) >= 11 is 1.60. The minimum absolute atomic E-state index is 0.0228. The molecule has 1 aromatic carbocycles. The van der Waals surface area contributed by atoms with E-state index in [-0.39, 0.29) is 28.7 Å². The van der Waals surface area contributed by atoms with Gasteiger partial charge in [-0.2, -0.15) is 0 Å². The van der Waals surface area contributed by atoms with Gasteiger partial charge in [-0.1, -0.05) is 0 Å². The number of carbonyl (C=O) groups excluding carboxylic acids is 2. The van der Waals surface area contributed by atoms with E-state index in [1.54, 1.807) is 29.7 Å². The molecule has 1 amide bonds. The van der Waals surface area contributed by atoms with Gasteiger partial charge >= 0.3 is 11.6 Å². The van der Waals surface area contributed by atoms with Crippen molar-refractivity contribution in [1.29, 1.82) is 0 Å². The van der Waals surface area contributed by atoms with Crippen LogP contribution in [0.4, 0.5) is 0 Å². The number of phenolic OH excluding ortho intramolecular Hbond substituents is 1. The Balaban J connectivity index is 1.57. The van der Waals surface area contributed by atoms with Crippen molar-refractivity contribution in [2.75, 3.05) is 5.75 Å². The molecule has 0 aliphatic carbocycles. The summed E-state index contributed by atoms with van der Waals surface area (Å²) in [5.41, 5.74) is 0.635. The Morgan fingerprint density at radius 3 is 3.00 bits per heavy atom. The molecule has 7 nitrogen and oxygen atoms in total. The summed E-state index contributed by atoms with van der Waals surface area (Å²) in [5.74, 6) is 0.0282. The maximum absolute atomic E-state index is 12.6. The Hall–Kier alpha value is -2.48. The molecule has 0 bridgehead atoms. The van der Waals surface area contributed by atoms with Crippen LogP contribution in [0.15, 0.2) is 27.4 Å². The number of nitrogens with zero attached hydrogens (tertiary/aromatic N) is 1. The number of benzene rings is 1. The van der Waals surface area contributed by atoms with Gasteiger partial charge in [-0.25, -0.2) is 9.59 Å². The van der Waals surface area contributed by atoms with Gasteiger partial charge in [-0.3, -0.25) is 4.79 Å². The third-order valence-electron chi connectivity index (χ3n) is 5.30. The lowest BCUT2D eigenvalue weighted by atomic mass is 10.1. The van der Waals surface area contributed by atoms with Gasteiger partial charge in [0.05, 0.1) is 4.87 Å². The number of aromatic hydroxyl groups is 1. The molecule has 4 rings (SSSR count). The minimum atomic E-state index is -0.604. The molecular weight excluding hydrogens is 370 g/mol. The maximum Gasteiger partial charge on any atom is 0.336 e. The summed E-state index contributed by atoms with van der Waals surface area (Å²) in [7, 11) is 0. The summed E-state index contributed by atoms with van der Waals surface area (Å²) < 4.78 is 10.6. The van der Waals surface area contributed by atoms with Gasteiger partial charge < -0.3 is 19.2 Å². The van der Waals surface area contributed by atoms with Crippen molar-refractivity contribution in [3.63, 3.8) is 0 Å². The van der Waals surface area contributed by atoms with Crippen LogP contribution in [-0.4, -0.2) is 38.5 Å². The number of ether oxygens (including phenoxy) is 1. The molecule has 2 aliphatic rings. The number of phenols is 1. The number of hydrogen-bond donors (Lipinski definition) is 1. The molecular formula is C19H19NO6S. The Labute approximate surface area is 159 Å². The zero-order chi connectivity index (χ0) is 19.3. The number of aryl methyl sites for hydroxylation is 1. The first-order chi connectivity index (χ1) is 12.8. The Morgan fingerprint density at radius 2 is 2.22 bits per heavy atom. The van der Waals surface area contributed by atoms with Crippen LogP contribution in [-0.2, 0) is 20.9 Å². The lowest BCUT2D eigenvalue weighted by molar-refractivity contribution is -0.154. The fraction of sp³-hybridized carbons (Fsp3) is 0.421. The van der Waals surface area contributed by atoms with Crippen molar-refractivity contribution in [3.8, 4) is 5.75 Å². The van der Waals surface area contributed by atoms with Gasteiger partial charge in [0.2, 0.25) is 5.91 Å². The van der Waals surface area contributed by atoms with E-state index in [0.29, 0.717) is 28.7 Å². The predicted octanol–water partition coefficient (Wildman–Crippen LogP) is 2.30. The van der Waals surface area contributed by atoms with Gasteiger partial charge in [0.25, 0.3) is 0 Å². The van der Waals surface area contributed by atoms with Crippen LogP contribution in [0.1, 0.15) is 30.9 Å². The highest BCUT2D eigenvalue weighted by Gasteiger charge is 2.53. The molecule has 2 saturated heterocycles. The summed E-state index contributed by atoms with van der Waals surface area (Å²) in [6.45, 7) is 3.51. The third kappa shape index (κ3) is 2.88. The topological polar surface area (TPSA) is 97.0 Å². The standard InChI is InChI=1S/C19H19NO6S/c1-10-14(21)4-3-12-11(7-16(23)26-17(10)12)8-25-18(24)13-9-27-19(2)6-5-15(22)20(13)19/h3-4,7,13,21H,5-6,8-9H2,1-2H3/t13-,19-/m0/s1. The van der Waals surface area contributed by atoms with Gasteiger partial charge in [-0.05, 0) is 32.4 Å². The number of carbonyl (C=O) groups is 2. The molecule has 8 heteroatoms. The van der Waals surface area contributed by atoms with Crippen LogP contribution >= 0.6 is 11.8 Å². The molecule has 1 aromatic heterocycles. The summed E-state index contributed by atoms with van der Waals surface area (Å²) in [6.07, 6.45) is 1.17. The average Bonchev–Trinajstić information content (AvgIpc) is 3.12. The Morgan fingerprint density at radius 1 is 1.44 bits per heavy atom. The van der Waals surface area contributed by atoms with E-state index in [9.17, 15) is 19.5 Å². The predicted molar refractivity (Wildman–Crippen MR) is 99.4 cm³/mol. The summed E-state index contributed by atoms with van der Waals surface area (Å²) in [4.78, 5) is 37.9. The lowest BCUT2D eigenvalue weighted by Crippen LogP contribution is -2.46. The first-order valence-electron chi connectivity index (χ1n) is 8.68. The fourth-order valence-electron chi connectivity index (χ4n) is 3.78. The van der Waals surface area contributed by atoms with Crippen molar-refractivity contribution in [3.05, 3.63) is 39.7 Å². The zero-order valence-electron chi connectivity index (χ0n) is 15.0. The van der Waals surface area contributed by atoms with E-state index >= 15 is 0 Å². The van der Waals surface area contributed by atoms with Crippen molar-refractivity contribution in [2.45, 2.75) is 44.2 Å². The van der Waals surface area contributed by atoms with Crippen LogP contribution in [0, 0.1) is 6.92 Å². The summed E-state index contributed by atoms with van der Waals surface area (Å²) in [5, 5.41) is 10.4. The molecule has 142 valence electrons. The minimum Gasteiger partial charge on any atom is -0.508 e. The number of rotatable bonds is 3. The molecule has 0 radical (unpaired) electrons. The van der Waals surface area contributed by atoms with Crippen molar-refractivity contribution in [2.24, 2.45) is 0 Å². The van der Waals surface area contributed by atoms with Crippen LogP contribution < -0.4 is 5.63 Å². The van der Waals surface area contributed by atoms with E-state index in [0.717, 1.165) is 6.42 Å². The van der Waals surface area contributed by atoms with Crippen LogP contribution in [0.2, 0.25) is 0 Å². The molecule has 2 aliphatic heterocycles. The maximum atomic E-state index is 12.6. The SMILES string of the molecule is Cc1c(O)ccc2c(COC(=O)[C@@H]3CS[C@@]4(C)CCC(=O)N34)cc(=O)oc12. The number of amides is 1. The second kappa shape index (κ2) is 6.30. The second-order valence-electron chi connectivity index (χ2n) is 7.05. The number of thioether (sulfide) groups is 1. The molecule has 2 fully saturated rings. The molecule has 3 heterocycles. The van der Waals surface area contributed by atoms with Crippen LogP contribution in [0.5, 0.6) is 5.75 Å². The molecule has 1 N–H and O–H groups in total. The van der Waals surface area contributed by atoms with E-state index < -0.39 is 17.6 Å².